The van der Waals surface area contributed by atoms with Gasteiger partial charge in [0, 0.05) is 0 Å². The molecule has 0 spiro atoms. The molecule has 1 fully saturated rings. The van der Waals surface area contributed by atoms with Crippen molar-refractivity contribution in [3.8, 4) is 0 Å². The highest BCUT2D eigenvalue weighted by atomic mass is 31.1. The van der Waals surface area contributed by atoms with Crippen molar-refractivity contribution in [3.63, 3.8) is 0 Å². The highest BCUT2D eigenvalue weighted by Gasteiger charge is 2.37. The first-order valence-corrected chi connectivity index (χ1v) is 9.85. The van der Waals surface area contributed by atoms with E-state index in [1.54, 1.807) is 10.9 Å². The van der Waals surface area contributed by atoms with Gasteiger partial charge in [-0.25, -0.2) is 0 Å². The van der Waals surface area contributed by atoms with Gasteiger partial charge in [0.2, 0.25) is 0 Å². The summed E-state index contributed by atoms with van der Waals surface area (Å²) >= 11 is 0. The second-order valence-electron chi connectivity index (χ2n) is 6.52. The highest BCUT2D eigenvalue weighted by molar-refractivity contribution is 7.63. The molecule has 3 aliphatic carbocycles. The molecule has 0 saturated heterocycles. The van der Waals surface area contributed by atoms with Gasteiger partial charge in [-0.1, -0.05) is 69.5 Å². The van der Waals surface area contributed by atoms with E-state index in [-0.39, 0.29) is 7.92 Å². The molecule has 3 aliphatic rings. The van der Waals surface area contributed by atoms with Crippen molar-refractivity contribution in [1.82, 2.24) is 0 Å². The first kappa shape index (κ1) is 13.5. The Morgan fingerprint density at radius 3 is 2.43 bits per heavy atom. The first-order chi connectivity index (χ1) is 10.3. The molecule has 3 unspecified atom stereocenters. The Labute approximate surface area is 129 Å². The minimum absolute atomic E-state index is 0.0494. The van der Waals surface area contributed by atoms with Gasteiger partial charge in [-0.05, 0) is 59.4 Å². The lowest BCUT2D eigenvalue weighted by atomic mass is 9.92. The van der Waals surface area contributed by atoms with Gasteiger partial charge < -0.3 is 0 Å². The highest BCUT2D eigenvalue weighted by Crippen LogP contribution is 2.60. The smallest absolute Gasteiger partial charge is 0.00151 e. The van der Waals surface area contributed by atoms with E-state index in [1.165, 1.54) is 31.0 Å². The van der Waals surface area contributed by atoms with E-state index >= 15 is 0 Å². The van der Waals surface area contributed by atoms with E-state index in [2.05, 4.69) is 61.6 Å². The second kappa shape index (κ2) is 5.58. The average Bonchev–Trinajstić information content (AvgIpc) is 3.11. The summed E-state index contributed by atoms with van der Waals surface area (Å²) in [5, 5.41) is 1.75. The lowest BCUT2D eigenvalue weighted by Gasteiger charge is -2.24. The van der Waals surface area contributed by atoms with Crippen LogP contribution in [0.2, 0.25) is 0 Å². The number of benzene rings is 1. The molecule has 0 bridgehead atoms. The summed E-state index contributed by atoms with van der Waals surface area (Å²) in [6.45, 7) is 2.41. The molecule has 0 heterocycles. The minimum atomic E-state index is 0.0494. The molecular weight excluding hydrogens is 271 g/mol. The van der Waals surface area contributed by atoms with Crippen molar-refractivity contribution in [2.45, 2.75) is 31.8 Å². The van der Waals surface area contributed by atoms with Crippen molar-refractivity contribution >= 4 is 14.0 Å². The van der Waals surface area contributed by atoms with Crippen molar-refractivity contribution in [2.75, 3.05) is 6.16 Å². The molecule has 1 heteroatoms. The zero-order chi connectivity index (χ0) is 14.2. The maximum Gasteiger partial charge on any atom is -0.00151 e. The van der Waals surface area contributed by atoms with E-state index in [0.717, 1.165) is 17.5 Å². The Balaban J connectivity index is 1.55. The standard InChI is InChI=1S/C20H23P/c1-2-21(19-11-15-7-3-4-8-16(15)12-19)20-13-17-9-5-6-10-18(17)14-20/h3-11,17-18,20H,2,12-14H2,1H3. The van der Waals surface area contributed by atoms with E-state index in [4.69, 9.17) is 0 Å². The molecule has 0 aromatic heterocycles. The fourth-order valence-electron chi connectivity index (χ4n) is 4.33. The monoisotopic (exact) mass is 294 g/mol. The van der Waals surface area contributed by atoms with E-state index in [9.17, 15) is 0 Å². The summed E-state index contributed by atoms with van der Waals surface area (Å²) in [5.41, 5.74) is 3.96. The van der Waals surface area contributed by atoms with Crippen LogP contribution in [0.3, 0.4) is 0 Å². The zero-order valence-electron chi connectivity index (χ0n) is 12.7. The van der Waals surface area contributed by atoms with Gasteiger partial charge in [0.05, 0.1) is 0 Å². The number of rotatable bonds is 3. The van der Waals surface area contributed by atoms with Crippen molar-refractivity contribution in [1.29, 1.82) is 0 Å². The summed E-state index contributed by atoms with van der Waals surface area (Å²) in [6, 6.07) is 8.95. The normalized spacial score (nSPS) is 30.9. The average molecular weight is 294 g/mol. The molecule has 0 nitrogen and oxygen atoms in total. The third-order valence-corrected chi connectivity index (χ3v) is 8.37. The molecule has 0 aliphatic heterocycles. The van der Waals surface area contributed by atoms with E-state index in [1.807, 2.05) is 0 Å². The maximum absolute atomic E-state index is 2.51. The van der Waals surface area contributed by atoms with Crippen LogP contribution in [0.15, 0.2) is 53.9 Å². The molecule has 4 rings (SSSR count). The minimum Gasteiger partial charge on any atom is -0.0808 e. The predicted molar refractivity (Wildman–Crippen MR) is 93.9 cm³/mol. The molecule has 1 saturated carbocycles. The van der Waals surface area contributed by atoms with Crippen LogP contribution in [-0.4, -0.2) is 11.8 Å². The fourth-order valence-corrected chi connectivity index (χ4v) is 7.39. The van der Waals surface area contributed by atoms with Crippen LogP contribution in [0.1, 0.15) is 30.9 Å². The third kappa shape index (κ3) is 2.44. The first-order valence-electron chi connectivity index (χ1n) is 8.25. The zero-order valence-corrected chi connectivity index (χ0v) is 13.6. The molecule has 3 atom stereocenters. The maximum atomic E-state index is 2.51. The van der Waals surface area contributed by atoms with Crippen LogP contribution in [0.5, 0.6) is 0 Å². The predicted octanol–water partition coefficient (Wildman–Crippen LogP) is 5.61. The SMILES string of the molecule is CCP(C1=Cc2ccccc2C1)C1CC2C=CC=CC2C1. The molecular formula is C20H23P. The summed E-state index contributed by atoms with van der Waals surface area (Å²) in [6.07, 6.45) is 17.3. The van der Waals surface area contributed by atoms with Gasteiger partial charge in [0.25, 0.3) is 0 Å². The molecule has 0 N–H and O–H groups in total. The van der Waals surface area contributed by atoms with Crippen molar-refractivity contribution in [2.24, 2.45) is 11.8 Å². The van der Waals surface area contributed by atoms with E-state index in [0.29, 0.717) is 0 Å². The van der Waals surface area contributed by atoms with Gasteiger partial charge >= 0.3 is 0 Å². The van der Waals surface area contributed by atoms with Crippen LogP contribution in [-0.2, 0) is 6.42 Å². The molecule has 0 amide bonds. The Kier molecular flexibility index (Phi) is 3.59. The largest absolute Gasteiger partial charge is 0.0808 e. The Morgan fingerprint density at radius 2 is 1.76 bits per heavy atom. The van der Waals surface area contributed by atoms with Gasteiger partial charge in [-0.15, -0.1) is 0 Å². The van der Waals surface area contributed by atoms with Gasteiger partial charge in [0.1, 0.15) is 0 Å². The number of hydrogen-bond acceptors (Lipinski definition) is 0. The Bertz CT molecular complexity index is 602. The number of allylic oxidation sites excluding steroid dienone is 5. The topological polar surface area (TPSA) is 0 Å². The molecule has 21 heavy (non-hydrogen) atoms. The Hall–Kier alpha value is -1.13. The van der Waals surface area contributed by atoms with Gasteiger partial charge in [-0.3, -0.25) is 0 Å². The molecule has 0 radical (unpaired) electrons. The van der Waals surface area contributed by atoms with Gasteiger partial charge in [0.15, 0.2) is 0 Å². The van der Waals surface area contributed by atoms with Crippen LogP contribution in [0.4, 0.5) is 0 Å². The summed E-state index contributed by atoms with van der Waals surface area (Å²) in [7, 11) is 0.0494. The second-order valence-corrected chi connectivity index (χ2v) is 9.40. The number of hydrogen-bond donors (Lipinski definition) is 0. The third-order valence-electron chi connectivity index (χ3n) is 5.37. The summed E-state index contributed by atoms with van der Waals surface area (Å²) in [5.74, 6) is 1.64. The molecule has 1 aromatic rings. The lowest BCUT2D eigenvalue weighted by Crippen LogP contribution is -2.04. The van der Waals surface area contributed by atoms with E-state index < -0.39 is 0 Å². The summed E-state index contributed by atoms with van der Waals surface area (Å²) < 4.78 is 0. The van der Waals surface area contributed by atoms with Crippen LogP contribution in [0.25, 0.3) is 6.08 Å². The summed E-state index contributed by atoms with van der Waals surface area (Å²) in [4.78, 5) is 0. The van der Waals surface area contributed by atoms with Crippen LogP contribution < -0.4 is 0 Å². The number of fused-ring (bicyclic) bond motifs is 2. The fraction of sp³-hybridized carbons (Fsp3) is 0.400. The molecule has 1 aromatic carbocycles. The van der Waals surface area contributed by atoms with Gasteiger partial charge in [-0.2, -0.15) is 0 Å². The lowest BCUT2D eigenvalue weighted by molar-refractivity contribution is 0.552. The Morgan fingerprint density at radius 1 is 1.05 bits per heavy atom. The quantitative estimate of drug-likeness (QED) is 0.636. The molecule has 108 valence electrons. The van der Waals surface area contributed by atoms with Crippen molar-refractivity contribution in [3.05, 3.63) is 65.0 Å². The van der Waals surface area contributed by atoms with Crippen molar-refractivity contribution < 1.29 is 0 Å². The van der Waals surface area contributed by atoms with Crippen LogP contribution >= 0.6 is 7.92 Å². The van der Waals surface area contributed by atoms with Crippen LogP contribution in [0, 0.1) is 11.8 Å².